The highest BCUT2D eigenvalue weighted by Crippen LogP contribution is 2.18. The van der Waals surface area contributed by atoms with Gasteiger partial charge >= 0.3 is 5.97 Å². The molecule has 0 heterocycles. The van der Waals surface area contributed by atoms with E-state index in [1.165, 1.54) is 5.56 Å². The maximum atomic E-state index is 11.5. The van der Waals surface area contributed by atoms with E-state index in [-0.39, 0.29) is 11.9 Å². The number of thiol groups is 1. The van der Waals surface area contributed by atoms with Crippen molar-refractivity contribution in [3.63, 3.8) is 0 Å². The van der Waals surface area contributed by atoms with Gasteiger partial charge in [0, 0.05) is 0 Å². The topological polar surface area (TPSA) is 38.3 Å². The molecule has 0 aromatic heterocycles. The van der Waals surface area contributed by atoms with E-state index in [2.05, 4.69) is 48.5 Å². The standard InChI is InChI=1S/C13H19NO2S/c1-9(2)8-11-4-6-12(7-5-11)10(3)13(15)16-14-17/h4-7,9-10,14,17H,8H2,1-3H3/t10-/m0/s1. The van der Waals surface area contributed by atoms with Crippen molar-refractivity contribution in [3.8, 4) is 0 Å². The van der Waals surface area contributed by atoms with Crippen LogP contribution in [0, 0.1) is 5.92 Å². The monoisotopic (exact) mass is 253 g/mol. The largest absolute Gasteiger partial charge is 0.360 e. The van der Waals surface area contributed by atoms with Gasteiger partial charge in [0.1, 0.15) is 0 Å². The van der Waals surface area contributed by atoms with Crippen LogP contribution in [-0.2, 0) is 16.1 Å². The zero-order valence-electron chi connectivity index (χ0n) is 10.4. The van der Waals surface area contributed by atoms with Gasteiger partial charge in [-0.1, -0.05) is 55.8 Å². The minimum Gasteiger partial charge on any atom is -0.360 e. The van der Waals surface area contributed by atoms with Crippen LogP contribution in [0.5, 0.6) is 0 Å². The van der Waals surface area contributed by atoms with E-state index < -0.39 is 0 Å². The molecule has 0 saturated heterocycles. The predicted octanol–water partition coefficient (Wildman–Crippen LogP) is 2.88. The maximum Gasteiger partial charge on any atom is 0.333 e. The van der Waals surface area contributed by atoms with Gasteiger partial charge in [-0.2, -0.15) is 0 Å². The Balaban J connectivity index is 2.70. The van der Waals surface area contributed by atoms with E-state index in [9.17, 15) is 4.79 Å². The first-order valence-electron chi connectivity index (χ1n) is 5.73. The van der Waals surface area contributed by atoms with Gasteiger partial charge in [-0.05, 0) is 30.4 Å². The van der Waals surface area contributed by atoms with Crippen molar-refractivity contribution in [2.75, 3.05) is 0 Å². The number of benzene rings is 1. The van der Waals surface area contributed by atoms with Gasteiger partial charge in [-0.25, -0.2) is 4.79 Å². The number of rotatable bonds is 5. The molecule has 1 aromatic rings. The Morgan fingerprint density at radius 1 is 1.29 bits per heavy atom. The van der Waals surface area contributed by atoms with E-state index in [0.29, 0.717) is 5.92 Å². The molecule has 0 aliphatic rings. The van der Waals surface area contributed by atoms with Gasteiger partial charge in [0.15, 0.2) is 0 Å². The van der Waals surface area contributed by atoms with Crippen molar-refractivity contribution in [1.82, 2.24) is 4.89 Å². The van der Waals surface area contributed by atoms with Crippen LogP contribution >= 0.6 is 12.8 Å². The fourth-order valence-corrected chi connectivity index (χ4v) is 1.77. The molecule has 0 bridgehead atoms. The minimum absolute atomic E-state index is 0.289. The third kappa shape index (κ3) is 4.40. The number of carbonyl (C=O) groups is 1. The Morgan fingerprint density at radius 3 is 2.35 bits per heavy atom. The Labute approximate surface area is 108 Å². The lowest BCUT2D eigenvalue weighted by atomic mass is 9.97. The Kier molecular flexibility index (Phi) is 5.51. The molecule has 3 nitrogen and oxygen atoms in total. The molecule has 0 radical (unpaired) electrons. The predicted molar refractivity (Wildman–Crippen MR) is 71.6 cm³/mol. The summed E-state index contributed by atoms with van der Waals surface area (Å²) in [5.41, 5.74) is 2.24. The first-order valence-corrected chi connectivity index (χ1v) is 6.18. The Morgan fingerprint density at radius 2 is 1.88 bits per heavy atom. The highest BCUT2D eigenvalue weighted by Gasteiger charge is 2.16. The van der Waals surface area contributed by atoms with E-state index >= 15 is 0 Å². The van der Waals surface area contributed by atoms with Gasteiger partial charge in [-0.3, -0.25) is 0 Å². The van der Waals surface area contributed by atoms with Crippen LogP contribution < -0.4 is 4.89 Å². The van der Waals surface area contributed by atoms with Crippen molar-refractivity contribution >= 4 is 18.8 Å². The van der Waals surface area contributed by atoms with E-state index in [4.69, 9.17) is 0 Å². The molecule has 4 heteroatoms. The molecule has 0 amide bonds. The Bertz CT molecular complexity index is 362. The summed E-state index contributed by atoms with van der Waals surface area (Å²) in [6, 6.07) is 8.07. The van der Waals surface area contributed by atoms with Gasteiger partial charge in [0.2, 0.25) is 0 Å². The van der Waals surface area contributed by atoms with Crippen molar-refractivity contribution in [3.05, 3.63) is 35.4 Å². The van der Waals surface area contributed by atoms with Crippen LogP contribution in [0.3, 0.4) is 0 Å². The highest BCUT2D eigenvalue weighted by atomic mass is 32.1. The van der Waals surface area contributed by atoms with E-state index in [0.717, 1.165) is 12.0 Å². The smallest absolute Gasteiger partial charge is 0.333 e. The van der Waals surface area contributed by atoms with Crippen LogP contribution in [0.15, 0.2) is 24.3 Å². The summed E-state index contributed by atoms with van der Waals surface area (Å²) in [5.74, 6) is 0.0102. The SMILES string of the molecule is CC(C)Cc1ccc([C@H](C)C(=O)ONS)cc1. The molecule has 0 saturated carbocycles. The van der Waals surface area contributed by atoms with Crippen LogP contribution in [0.4, 0.5) is 0 Å². The third-order valence-corrected chi connectivity index (χ3v) is 2.71. The minimum atomic E-state index is -0.336. The fourth-order valence-electron chi connectivity index (χ4n) is 1.68. The molecule has 1 atom stereocenters. The normalized spacial score (nSPS) is 12.5. The summed E-state index contributed by atoms with van der Waals surface area (Å²) in [5, 5.41) is 0. The molecule has 1 N–H and O–H groups in total. The summed E-state index contributed by atoms with van der Waals surface area (Å²) in [6.45, 7) is 6.18. The van der Waals surface area contributed by atoms with Crippen LogP contribution in [-0.4, -0.2) is 5.97 Å². The first kappa shape index (κ1) is 14.1. The lowest BCUT2D eigenvalue weighted by Gasteiger charge is -2.11. The second-order valence-corrected chi connectivity index (χ2v) is 4.76. The summed E-state index contributed by atoms with van der Waals surface area (Å²) < 4.78 is 0. The lowest BCUT2D eigenvalue weighted by molar-refractivity contribution is -0.148. The van der Waals surface area contributed by atoms with Gasteiger partial charge in [0.05, 0.1) is 5.92 Å². The summed E-state index contributed by atoms with van der Waals surface area (Å²) in [7, 11) is 0. The zero-order chi connectivity index (χ0) is 12.8. The molecule has 0 unspecified atom stereocenters. The second kappa shape index (κ2) is 6.67. The van der Waals surface area contributed by atoms with Crippen molar-refractivity contribution < 1.29 is 9.63 Å². The number of carbonyl (C=O) groups excluding carboxylic acids is 1. The molecule has 1 rings (SSSR count). The van der Waals surface area contributed by atoms with Crippen molar-refractivity contribution in [1.29, 1.82) is 0 Å². The fraction of sp³-hybridized carbons (Fsp3) is 0.462. The van der Waals surface area contributed by atoms with E-state index in [1.807, 2.05) is 19.1 Å². The second-order valence-electron chi connectivity index (χ2n) is 4.57. The zero-order valence-corrected chi connectivity index (χ0v) is 11.3. The molecule has 1 aromatic carbocycles. The summed E-state index contributed by atoms with van der Waals surface area (Å²) >= 11 is 3.63. The molecule has 0 spiro atoms. The molecular formula is C13H19NO2S. The number of hydrogen-bond donors (Lipinski definition) is 2. The molecule has 0 aliphatic heterocycles. The third-order valence-electron chi connectivity index (χ3n) is 2.62. The molecule has 0 fully saturated rings. The maximum absolute atomic E-state index is 11.5. The van der Waals surface area contributed by atoms with Crippen LogP contribution in [0.25, 0.3) is 0 Å². The average Bonchev–Trinajstić information content (AvgIpc) is 2.28. The van der Waals surface area contributed by atoms with Crippen LogP contribution in [0.2, 0.25) is 0 Å². The molecular weight excluding hydrogens is 234 g/mol. The molecule has 94 valence electrons. The van der Waals surface area contributed by atoms with Crippen molar-refractivity contribution in [2.24, 2.45) is 5.92 Å². The quantitative estimate of drug-likeness (QED) is 0.626. The van der Waals surface area contributed by atoms with Gasteiger partial charge in [-0.15, -0.1) is 0 Å². The van der Waals surface area contributed by atoms with E-state index in [1.54, 1.807) is 0 Å². The Hall–Kier alpha value is -1.00. The average molecular weight is 253 g/mol. The lowest BCUT2D eigenvalue weighted by Crippen LogP contribution is -2.17. The summed E-state index contributed by atoms with van der Waals surface area (Å²) in [6.07, 6.45) is 1.05. The van der Waals surface area contributed by atoms with Crippen molar-refractivity contribution in [2.45, 2.75) is 33.1 Å². The van der Waals surface area contributed by atoms with Crippen LogP contribution in [0.1, 0.15) is 37.8 Å². The number of nitrogens with one attached hydrogen (secondary N) is 1. The molecule has 17 heavy (non-hydrogen) atoms. The summed E-state index contributed by atoms with van der Waals surface area (Å²) in [4.78, 5) is 18.2. The molecule has 0 aliphatic carbocycles. The highest BCUT2D eigenvalue weighted by molar-refractivity contribution is 7.77. The van der Waals surface area contributed by atoms with Gasteiger partial charge < -0.3 is 4.84 Å². The number of hydrogen-bond acceptors (Lipinski definition) is 4. The van der Waals surface area contributed by atoms with Gasteiger partial charge in [0.25, 0.3) is 0 Å². The first-order chi connectivity index (χ1) is 8.04.